The van der Waals surface area contributed by atoms with E-state index in [0.29, 0.717) is 31.1 Å². The van der Waals surface area contributed by atoms with Crippen molar-refractivity contribution >= 4 is 21.8 Å². The summed E-state index contributed by atoms with van der Waals surface area (Å²) >= 11 is 3.52. The van der Waals surface area contributed by atoms with Gasteiger partial charge in [0.2, 0.25) is 5.91 Å². The number of ether oxygens (including phenoxy) is 3. The first kappa shape index (κ1) is 19.5. The Morgan fingerprint density at radius 2 is 1.85 bits per heavy atom. The molecule has 0 saturated heterocycles. The van der Waals surface area contributed by atoms with Crippen LogP contribution < -0.4 is 19.5 Å². The van der Waals surface area contributed by atoms with Gasteiger partial charge in [0.15, 0.2) is 11.5 Å². The summed E-state index contributed by atoms with van der Waals surface area (Å²) in [6.45, 7) is 3.11. The minimum atomic E-state index is -0.00499. The van der Waals surface area contributed by atoms with Crippen LogP contribution in [0.2, 0.25) is 0 Å². The average Bonchev–Trinajstić information content (AvgIpc) is 2.67. The Bertz CT molecular complexity index is 792. The van der Waals surface area contributed by atoms with Gasteiger partial charge < -0.3 is 19.5 Å². The molecule has 1 unspecified atom stereocenters. The lowest BCUT2D eigenvalue weighted by Gasteiger charge is -2.20. The predicted molar refractivity (Wildman–Crippen MR) is 108 cm³/mol. The van der Waals surface area contributed by atoms with E-state index in [2.05, 4.69) is 33.4 Å². The summed E-state index contributed by atoms with van der Waals surface area (Å²) in [5.74, 6) is 2.25. The van der Waals surface area contributed by atoms with Gasteiger partial charge in [0.05, 0.1) is 13.5 Å². The molecule has 6 heteroatoms. The van der Waals surface area contributed by atoms with E-state index in [1.165, 1.54) is 5.56 Å². The van der Waals surface area contributed by atoms with Crippen molar-refractivity contribution in [1.82, 2.24) is 5.32 Å². The van der Waals surface area contributed by atoms with E-state index < -0.39 is 0 Å². The van der Waals surface area contributed by atoms with Gasteiger partial charge in [-0.3, -0.25) is 4.79 Å². The van der Waals surface area contributed by atoms with E-state index in [0.717, 1.165) is 28.6 Å². The lowest BCUT2D eigenvalue weighted by Crippen LogP contribution is -2.34. The molecule has 0 fully saturated rings. The van der Waals surface area contributed by atoms with Crippen LogP contribution in [0.25, 0.3) is 0 Å². The highest BCUT2D eigenvalue weighted by Gasteiger charge is 2.17. The number of benzene rings is 2. The molecule has 1 N–H and O–H groups in total. The van der Waals surface area contributed by atoms with Crippen LogP contribution in [-0.2, 0) is 17.6 Å². The van der Waals surface area contributed by atoms with Gasteiger partial charge in [-0.2, -0.15) is 0 Å². The Hall–Kier alpha value is -2.21. The maximum Gasteiger partial charge on any atom is 0.224 e. The van der Waals surface area contributed by atoms with Crippen LogP contribution in [-0.4, -0.2) is 32.3 Å². The number of halogens is 1. The van der Waals surface area contributed by atoms with Gasteiger partial charge in [0.1, 0.15) is 19.0 Å². The van der Waals surface area contributed by atoms with Gasteiger partial charge in [0, 0.05) is 10.5 Å². The highest BCUT2D eigenvalue weighted by Crippen LogP contribution is 2.35. The fourth-order valence-electron chi connectivity index (χ4n) is 2.99. The van der Waals surface area contributed by atoms with E-state index in [1.54, 1.807) is 7.11 Å². The number of carbonyl (C=O) groups excluding carboxylic acids is 1. The number of aryl methyl sites for hydroxylation is 1. The molecule has 27 heavy (non-hydrogen) atoms. The Labute approximate surface area is 168 Å². The summed E-state index contributed by atoms with van der Waals surface area (Å²) < 4.78 is 17.2. The summed E-state index contributed by atoms with van der Waals surface area (Å²) in [4.78, 5) is 12.4. The second kappa shape index (κ2) is 9.13. The maximum atomic E-state index is 12.4. The molecule has 3 rings (SSSR count). The highest BCUT2D eigenvalue weighted by atomic mass is 79.9. The number of hydrogen-bond donors (Lipinski definition) is 1. The lowest BCUT2D eigenvalue weighted by molar-refractivity contribution is -0.121. The van der Waals surface area contributed by atoms with Crippen molar-refractivity contribution < 1.29 is 19.0 Å². The van der Waals surface area contributed by atoms with E-state index >= 15 is 0 Å². The third kappa shape index (κ3) is 5.39. The standard InChI is InChI=1S/C21H24BrNO4/c1-14(3-4-15-5-7-17(25-2)8-6-15)23-21(24)12-16-11-19-20(13-18(16)22)27-10-9-26-19/h5-8,11,13-14H,3-4,9-10,12H2,1-2H3,(H,23,24). The van der Waals surface area contributed by atoms with Crippen molar-refractivity contribution in [2.24, 2.45) is 0 Å². The number of methoxy groups -OCH3 is 1. The molecule has 1 heterocycles. The molecule has 0 aromatic heterocycles. The topological polar surface area (TPSA) is 56.8 Å². The number of rotatable bonds is 7. The zero-order valence-electron chi connectivity index (χ0n) is 15.6. The van der Waals surface area contributed by atoms with Gasteiger partial charge >= 0.3 is 0 Å². The van der Waals surface area contributed by atoms with Gasteiger partial charge in [-0.05, 0) is 55.2 Å². The molecule has 1 amide bonds. The molecule has 2 aromatic carbocycles. The fraction of sp³-hybridized carbons (Fsp3) is 0.381. The minimum absolute atomic E-state index is 0.00499. The zero-order chi connectivity index (χ0) is 19.2. The van der Waals surface area contributed by atoms with Crippen molar-refractivity contribution in [3.05, 3.63) is 52.0 Å². The molecule has 0 aliphatic carbocycles. The second-order valence-corrected chi connectivity index (χ2v) is 7.47. The Balaban J connectivity index is 1.51. The molecule has 0 radical (unpaired) electrons. The average molecular weight is 434 g/mol. The quantitative estimate of drug-likeness (QED) is 0.718. The third-order valence-corrected chi connectivity index (χ3v) is 5.23. The van der Waals surface area contributed by atoms with E-state index in [4.69, 9.17) is 14.2 Å². The van der Waals surface area contributed by atoms with Crippen molar-refractivity contribution in [2.75, 3.05) is 20.3 Å². The molecular weight excluding hydrogens is 410 g/mol. The smallest absolute Gasteiger partial charge is 0.224 e. The van der Waals surface area contributed by atoms with E-state index in [9.17, 15) is 4.79 Å². The van der Waals surface area contributed by atoms with Crippen molar-refractivity contribution in [3.63, 3.8) is 0 Å². The summed E-state index contributed by atoms with van der Waals surface area (Å²) in [6.07, 6.45) is 2.07. The van der Waals surface area contributed by atoms with E-state index in [1.807, 2.05) is 31.2 Å². The van der Waals surface area contributed by atoms with Crippen LogP contribution in [0.1, 0.15) is 24.5 Å². The first-order valence-electron chi connectivity index (χ1n) is 9.05. The molecular formula is C21H24BrNO4. The van der Waals surface area contributed by atoms with Crippen LogP contribution in [0.4, 0.5) is 0 Å². The maximum absolute atomic E-state index is 12.4. The third-order valence-electron chi connectivity index (χ3n) is 4.49. The van der Waals surface area contributed by atoms with Crippen LogP contribution in [0.3, 0.4) is 0 Å². The molecule has 2 aromatic rings. The molecule has 1 atom stereocenters. The highest BCUT2D eigenvalue weighted by molar-refractivity contribution is 9.10. The summed E-state index contributed by atoms with van der Waals surface area (Å²) in [7, 11) is 1.66. The second-order valence-electron chi connectivity index (χ2n) is 6.62. The summed E-state index contributed by atoms with van der Waals surface area (Å²) in [5, 5.41) is 3.07. The fourth-order valence-corrected chi connectivity index (χ4v) is 3.45. The normalized spacial score (nSPS) is 13.7. The van der Waals surface area contributed by atoms with Crippen LogP contribution in [0.5, 0.6) is 17.2 Å². The van der Waals surface area contributed by atoms with Gasteiger partial charge in [-0.1, -0.05) is 28.1 Å². The summed E-state index contributed by atoms with van der Waals surface area (Å²) in [6, 6.07) is 11.9. The van der Waals surface area contributed by atoms with Gasteiger partial charge in [-0.15, -0.1) is 0 Å². The Morgan fingerprint density at radius 1 is 1.19 bits per heavy atom. The minimum Gasteiger partial charge on any atom is -0.497 e. The number of carbonyl (C=O) groups is 1. The molecule has 0 spiro atoms. The monoisotopic (exact) mass is 433 g/mol. The van der Waals surface area contributed by atoms with Crippen molar-refractivity contribution in [3.8, 4) is 17.2 Å². The molecule has 1 aliphatic rings. The largest absolute Gasteiger partial charge is 0.497 e. The molecule has 0 saturated carbocycles. The number of fused-ring (bicyclic) bond motifs is 1. The number of amides is 1. The summed E-state index contributed by atoms with van der Waals surface area (Å²) in [5.41, 5.74) is 2.12. The van der Waals surface area contributed by atoms with Gasteiger partial charge in [-0.25, -0.2) is 0 Å². The van der Waals surface area contributed by atoms with E-state index in [-0.39, 0.29) is 11.9 Å². The van der Waals surface area contributed by atoms with Gasteiger partial charge in [0.25, 0.3) is 0 Å². The molecule has 0 bridgehead atoms. The predicted octanol–water partition coefficient (Wildman–Crippen LogP) is 3.91. The SMILES string of the molecule is COc1ccc(CCC(C)NC(=O)Cc2cc3c(cc2Br)OCCO3)cc1. The van der Waals surface area contributed by atoms with Crippen LogP contribution in [0.15, 0.2) is 40.9 Å². The Kier molecular flexibility index (Phi) is 6.61. The van der Waals surface area contributed by atoms with Crippen molar-refractivity contribution in [1.29, 1.82) is 0 Å². The molecule has 144 valence electrons. The molecule has 5 nitrogen and oxygen atoms in total. The first-order chi connectivity index (χ1) is 13.0. The van der Waals surface area contributed by atoms with Crippen LogP contribution >= 0.6 is 15.9 Å². The first-order valence-corrected chi connectivity index (χ1v) is 9.85. The Morgan fingerprint density at radius 3 is 2.52 bits per heavy atom. The van der Waals surface area contributed by atoms with Crippen LogP contribution in [0, 0.1) is 0 Å². The lowest BCUT2D eigenvalue weighted by atomic mass is 10.1. The molecule has 1 aliphatic heterocycles. The zero-order valence-corrected chi connectivity index (χ0v) is 17.2. The number of hydrogen-bond acceptors (Lipinski definition) is 4. The van der Waals surface area contributed by atoms with Crippen molar-refractivity contribution in [2.45, 2.75) is 32.2 Å². The number of nitrogens with one attached hydrogen (secondary N) is 1.